The summed E-state index contributed by atoms with van der Waals surface area (Å²) < 4.78 is 12.5. The van der Waals surface area contributed by atoms with Crippen molar-refractivity contribution >= 4 is 16.9 Å². The van der Waals surface area contributed by atoms with Crippen LogP contribution in [-0.2, 0) is 6.54 Å². The molecule has 0 bridgehead atoms. The normalized spacial score (nSPS) is 13.9. The summed E-state index contributed by atoms with van der Waals surface area (Å²) in [4.78, 5) is 30.8. The third kappa shape index (κ3) is 3.56. The number of benzene rings is 1. The van der Waals surface area contributed by atoms with E-state index in [1.54, 1.807) is 42.6 Å². The number of likely N-dealkylation sites (tertiary alicyclic amines) is 1. The molecule has 31 heavy (non-hydrogen) atoms. The molecule has 8 heteroatoms. The first-order valence-electron chi connectivity index (χ1n) is 9.97. The number of ether oxygens (including phenoxy) is 1. The van der Waals surface area contributed by atoms with E-state index in [0.29, 0.717) is 36.7 Å². The molecule has 1 aliphatic rings. The number of para-hydroxylation sites is 1. The van der Waals surface area contributed by atoms with E-state index >= 15 is 0 Å². The van der Waals surface area contributed by atoms with Gasteiger partial charge in [0.15, 0.2) is 17.1 Å². The molecule has 4 heterocycles. The molecule has 1 aromatic carbocycles. The molecule has 1 fully saturated rings. The van der Waals surface area contributed by atoms with Crippen LogP contribution in [-0.4, -0.2) is 45.8 Å². The first-order chi connectivity index (χ1) is 15.1. The molecule has 8 nitrogen and oxygen atoms in total. The number of methoxy groups -OCH3 is 1. The molecule has 0 radical (unpaired) electrons. The van der Waals surface area contributed by atoms with Gasteiger partial charge in [0.25, 0.3) is 11.5 Å². The maximum atomic E-state index is 12.8. The van der Waals surface area contributed by atoms with E-state index in [0.717, 1.165) is 10.9 Å². The van der Waals surface area contributed by atoms with Crippen LogP contribution in [0.4, 0.5) is 0 Å². The Hall–Kier alpha value is -3.94. The summed E-state index contributed by atoms with van der Waals surface area (Å²) in [5.41, 5.74) is 2.01. The third-order valence-corrected chi connectivity index (χ3v) is 5.46. The Morgan fingerprint density at radius 3 is 2.74 bits per heavy atom. The first-order valence-corrected chi connectivity index (χ1v) is 9.97. The van der Waals surface area contributed by atoms with Crippen molar-refractivity contribution < 1.29 is 13.9 Å². The van der Waals surface area contributed by atoms with Crippen molar-refractivity contribution in [1.82, 2.24) is 19.7 Å². The van der Waals surface area contributed by atoms with Gasteiger partial charge in [-0.2, -0.15) is 5.10 Å². The van der Waals surface area contributed by atoms with E-state index in [2.05, 4.69) is 10.1 Å². The van der Waals surface area contributed by atoms with Crippen molar-refractivity contribution in [2.45, 2.75) is 6.54 Å². The quantitative estimate of drug-likeness (QED) is 0.497. The maximum Gasteiger partial charge on any atom is 0.289 e. The Labute approximate surface area is 177 Å². The first kappa shape index (κ1) is 19.0. The van der Waals surface area contributed by atoms with Gasteiger partial charge in [-0.1, -0.05) is 12.1 Å². The zero-order chi connectivity index (χ0) is 21.4. The Kier molecular flexibility index (Phi) is 4.74. The lowest BCUT2D eigenvalue weighted by atomic mass is 10.00. The molecule has 156 valence electrons. The molecule has 4 aromatic rings. The second-order valence-corrected chi connectivity index (χ2v) is 7.54. The average molecular weight is 416 g/mol. The van der Waals surface area contributed by atoms with Gasteiger partial charge in [0.05, 0.1) is 19.3 Å². The summed E-state index contributed by atoms with van der Waals surface area (Å²) in [6, 6.07) is 14.2. The Bertz CT molecular complexity index is 1310. The zero-order valence-electron chi connectivity index (χ0n) is 16.9. The molecule has 1 amide bonds. The third-order valence-electron chi connectivity index (χ3n) is 5.46. The number of hydrogen-bond acceptors (Lipinski definition) is 6. The number of carbonyl (C=O) groups is 1. The highest BCUT2D eigenvalue weighted by Crippen LogP contribution is 2.30. The number of aromatic nitrogens is 3. The van der Waals surface area contributed by atoms with Crippen molar-refractivity contribution in [2.24, 2.45) is 5.92 Å². The molecule has 0 N–H and O–H groups in total. The van der Waals surface area contributed by atoms with Crippen LogP contribution in [0.25, 0.3) is 22.2 Å². The monoisotopic (exact) mass is 416 g/mol. The highest BCUT2D eigenvalue weighted by molar-refractivity contribution is 5.97. The van der Waals surface area contributed by atoms with Crippen LogP contribution in [0.2, 0.25) is 0 Å². The van der Waals surface area contributed by atoms with Crippen molar-refractivity contribution in [2.75, 3.05) is 20.2 Å². The van der Waals surface area contributed by atoms with E-state index in [4.69, 9.17) is 9.15 Å². The molecule has 0 spiro atoms. The highest BCUT2D eigenvalue weighted by Gasteiger charge is 2.33. The number of rotatable bonds is 5. The smallest absolute Gasteiger partial charge is 0.289 e. The fourth-order valence-corrected chi connectivity index (χ4v) is 3.81. The minimum atomic E-state index is -0.166. The van der Waals surface area contributed by atoms with Crippen LogP contribution in [0.15, 0.2) is 70.1 Å². The van der Waals surface area contributed by atoms with Crippen molar-refractivity contribution in [3.05, 3.63) is 77.0 Å². The fraction of sp³-hybridized carbons (Fsp3) is 0.217. The number of furan rings is 1. The number of hydrogen-bond donors (Lipinski definition) is 0. The van der Waals surface area contributed by atoms with Gasteiger partial charge < -0.3 is 14.1 Å². The summed E-state index contributed by atoms with van der Waals surface area (Å²) >= 11 is 0. The molecule has 0 unspecified atom stereocenters. The molecular formula is C23H20N4O4. The Morgan fingerprint density at radius 2 is 1.97 bits per heavy atom. The topological polar surface area (TPSA) is 90.5 Å². The fourth-order valence-electron chi connectivity index (χ4n) is 3.81. The van der Waals surface area contributed by atoms with Crippen molar-refractivity contribution in [1.29, 1.82) is 0 Å². The number of carbonyl (C=O) groups excluding carboxylic acids is 1. The predicted molar refractivity (Wildman–Crippen MR) is 114 cm³/mol. The lowest BCUT2D eigenvalue weighted by Crippen LogP contribution is -2.52. The molecular weight excluding hydrogens is 396 g/mol. The van der Waals surface area contributed by atoms with E-state index < -0.39 is 0 Å². The van der Waals surface area contributed by atoms with Gasteiger partial charge in [-0.3, -0.25) is 14.6 Å². The van der Waals surface area contributed by atoms with E-state index in [9.17, 15) is 9.59 Å². The summed E-state index contributed by atoms with van der Waals surface area (Å²) in [7, 11) is 1.57. The van der Waals surface area contributed by atoms with Crippen LogP contribution in [0.5, 0.6) is 5.75 Å². The molecule has 3 aromatic heterocycles. The van der Waals surface area contributed by atoms with Gasteiger partial charge in [0, 0.05) is 48.4 Å². The Morgan fingerprint density at radius 1 is 1.16 bits per heavy atom. The highest BCUT2D eigenvalue weighted by atomic mass is 16.5. The van der Waals surface area contributed by atoms with E-state index in [-0.39, 0.29) is 23.1 Å². The average Bonchev–Trinajstić information content (AvgIpc) is 3.22. The minimum absolute atomic E-state index is 0.153. The minimum Gasteiger partial charge on any atom is -0.493 e. The molecule has 0 saturated carbocycles. The van der Waals surface area contributed by atoms with E-state index in [1.807, 2.05) is 24.3 Å². The summed E-state index contributed by atoms with van der Waals surface area (Å²) in [5.74, 6) is 0.867. The number of pyridine rings is 1. The van der Waals surface area contributed by atoms with Gasteiger partial charge >= 0.3 is 0 Å². The SMILES string of the molecule is COc1cccc2cc(C(=O)N3CC(Cn4nc(-c5ccncc5)ccc4=O)C3)oc12. The largest absolute Gasteiger partial charge is 0.493 e. The molecule has 0 atom stereocenters. The molecule has 0 aliphatic carbocycles. The zero-order valence-corrected chi connectivity index (χ0v) is 16.9. The summed E-state index contributed by atoms with van der Waals surface area (Å²) in [5, 5.41) is 5.30. The lowest BCUT2D eigenvalue weighted by molar-refractivity contribution is 0.0429. The second-order valence-electron chi connectivity index (χ2n) is 7.54. The second kappa shape index (κ2) is 7.71. The van der Waals surface area contributed by atoms with Gasteiger partial charge in [-0.25, -0.2) is 4.68 Å². The Balaban J connectivity index is 1.27. The van der Waals surface area contributed by atoms with Gasteiger partial charge in [0.1, 0.15) is 0 Å². The lowest BCUT2D eigenvalue weighted by Gasteiger charge is -2.38. The molecule has 1 saturated heterocycles. The van der Waals surface area contributed by atoms with Crippen molar-refractivity contribution in [3.8, 4) is 17.0 Å². The number of fused-ring (bicyclic) bond motifs is 1. The number of amides is 1. The van der Waals surface area contributed by atoms with Crippen LogP contribution in [0.1, 0.15) is 10.6 Å². The van der Waals surface area contributed by atoms with Gasteiger partial charge in [-0.05, 0) is 30.3 Å². The standard InChI is InChI=1S/C23H20N4O4/c1-30-19-4-2-3-17-11-20(31-22(17)19)23(29)26-12-15(13-26)14-27-21(28)6-5-18(25-27)16-7-9-24-10-8-16/h2-11,15H,12-14H2,1H3. The van der Waals surface area contributed by atoms with Crippen LogP contribution < -0.4 is 10.3 Å². The molecule has 1 aliphatic heterocycles. The predicted octanol–water partition coefficient (Wildman–Crippen LogP) is 2.83. The number of nitrogens with zero attached hydrogens (tertiary/aromatic N) is 4. The van der Waals surface area contributed by atoms with Crippen molar-refractivity contribution in [3.63, 3.8) is 0 Å². The van der Waals surface area contributed by atoms with Crippen LogP contribution in [0, 0.1) is 5.92 Å². The van der Waals surface area contributed by atoms with Crippen LogP contribution >= 0.6 is 0 Å². The van der Waals surface area contributed by atoms with Gasteiger partial charge in [-0.15, -0.1) is 0 Å². The van der Waals surface area contributed by atoms with Gasteiger partial charge in [0.2, 0.25) is 0 Å². The van der Waals surface area contributed by atoms with E-state index in [1.165, 1.54) is 10.7 Å². The summed E-state index contributed by atoms with van der Waals surface area (Å²) in [6.45, 7) is 1.54. The molecule has 5 rings (SSSR count). The summed E-state index contributed by atoms with van der Waals surface area (Å²) in [6.07, 6.45) is 3.38. The van der Waals surface area contributed by atoms with Crippen LogP contribution in [0.3, 0.4) is 0 Å². The maximum absolute atomic E-state index is 12.8.